The van der Waals surface area contributed by atoms with Gasteiger partial charge in [0.15, 0.2) is 0 Å². The maximum atomic E-state index is 11.7. The van der Waals surface area contributed by atoms with Crippen molar-refractivity contribution in [1.82, 2.24) is 4.90 Å². The third-order valence-corrected chi connectivity index (χ3v) is 2.97. The lowest BCUT2D eigenvalue weighted by atomic mass is 9.85. The van der Waals surface area contributed by atoms with Crippen molar-refractivity contribution in [3.8, 4) is 0 Å². The molecular formula is C13H25NO2. The Hall–Kier alpha value is -0.410. The van der Waals surface area contributed by atoms with Gasteiger partial charge in [-0.15, -0.1) is 0 Å². The van der Waals surface area contributed by atoms with Crippen molar-refractivity contribution < 1.29 is 9.53 Å². The number of carbonyl (C=O) groups excluding carboxylic acids is 1. The fraction of sp³-hybridized carbons (Fsp3) is 0.923. The van der Waals surface area contributed by atoms with Crippen LogP contribution in [0.2, 0.25) is 0 Å². The first kappa shape index (κ1) is 13.7. The highest BCUT2D eigenvalue weighted by Gasteiger charge is 2.29. The van der Waals surface area contributed by atoms with Crippen LogP contribution in [-0.4, -0.2) is 44.0 Å². The molecule has 0 heterocycles. The summed E-state index contributed by atoms with van der Waals surface area (Å²) in [5, 5.41) is 0. The lowest BCUT2D eigenvalue weighted by Crippen LogP contribution is -2.36. The van der Waals surface area contributed by atoms with Gasteiger partial charge in [0.2, 0.25) is 0 Å². The number of Topliss-reactive ketones (excluding diaryl/α,β-unsaturated/α-hetero) is 1. The zero-order valence-corrected chi connectivity index (χ0v) is 11.0. The molecule has 0 aliphatic heterocycles. The molecule has 1 aliphatic rings. The number of ketones is 1. The van der Waals surface area contributed by atoms with Crippen LogP contribution >= 0.6 is 0 Å². The summed E-state index contributed by atoms with van der Waals surface area (Å²) in [5.74, 6) is 1.17. The molecule has 0 aromatic heterocycles. The first-order valence-corrected chi connectivity index (χ1v) is 6.28. The number of nitrogens with zero attached hydrogens (tertiary/aromatic N) is 1. The summed E-state index contributed by atoms with van der Waals surface area (Å²) in [4.78, 5) is 13.8. The van der Waals surface area contributed by atoms with E-state index >= 15 is 0 Å². The molecule has 0 N–H and O–H groups in total. The highest BCUT2D eigenvalue weighted by Crippen LogP contribution is 2.24. The minimum atomic E-state index is 0.181. The van der Waals surface area contributed by atoms with Crippen LogP contribution in [0.5, 0.6) is 0 Å². The van der Waals surface area contributed by atoms with Crippen molar-refractivity contribution in [1.29, 1.82) is 0 Å². The Balaban J connectivity index is 2.37. The van der Waals surface area contributed by atoms with E-state index in [4.69, 9.17) is 4.74 Å². The van der Waals surface area contributed by atoms with E-state index in [0.717, 1.165) is 26.0 Å². The highest BCUT2D eigenvalue weighted by molar-refractivity contribution is 5.82. The standard InChI is InChI=1S/C13H25NO2/c1-10(2)9-16-12-5-6-13(15)11(7-12)8-14(3)4/h10-12H,5-9H2,1-4H3. The van der Waals surface area contributed by atoms with Gasteiger partial charge in [-0.3, -0.25) is 4.79 Å². The number of carbonyl (C=O) groups is 1. The summed E-state index contributed by atoms with van der Waals surface area (Å²) in [5.41, 5.74) is 0. The van der Waals surface area contributed by atoms with Crippen LogP contribution in [-0.2, 0) is 9.53 Å². The molecule has 0 saturated heterocycles. The Morgan fingerprint density at radius 1 is 1.44 bits per heavy atom. The zero-order chi connectivity index (χ0) is 12.1. The maximum absolute atomic E-state index is 11.7. The quantitative estimate of drug-likeness (QED) is 0.719. The Morgan fingerprint density at radius 3 is 2.69 bits per heavy atom. The van der Waals surface area contributed by atoms with E-state index in [9.17, 15) is 4.79 Å². The smallest absolute Gasteiger partial charge is 0.137 e. The summed E-state index contributed by atoms with van der Waals surface area (Å²) >= 11 is 0. The van der Waals surface area contributed by atoms with E-state index in [1.807, 2.05) is 14.1 Å². The average Bonchev–Trinajstić information content (AvgIpc) is 2.18. The zero-order valence-electron chi connectivity index (χ0n) is 11.0. The number of rotatable bonds is 5. The largest absolute Gasteiger partial charge is 0.378 e. The normalized spacial score (nSPS) is 26.8. The Bertz CT molecular complexity index is 226. The summed E-state index contributed by atoms with van der Waals surface area (Å²) in [6.07, 6.45) is 2.81. The van der Waals surface area contributed by atoms with Crippen LogP contribution in [0.15, 0.2) is 0 Å². The van der Waals surface area contributed by atoms with Crippen LogP contribution < -0.4 is 0 Å². The second-order valence-corrected chi connectivity index (χ2v) is 5.55. The van der Waals surface area contributed by atoms with E-state index in [-0.39, 0.29) is 5.92 Å². The van der Waals surface area contributed by atoms with Crippen LogP contribution in [0.3, 0.4) is 0 Å². The molecule has 0 radical (unpaired) electrons. The molecule has 0 amide bonds. The molecular weight excluding hydrogens is 202 g/mol. The van der Waals surface area contributed by atoms with Crippen LogP contribution in [0, 0.1) is 11.8 Å². The number of hydrogen-bond acceptors (Lipinski definition) is 3. The molecule has 0 bridgehead atoms. The van der Waals surface area contributed by atoms with Gasteiger partial charge in [0.05, 0.1) is 6.10 Å². The van der Waals surface area contributed by atoms with Crippen LogP contribution in [0.1, 0.15) is 33.1 Å². The maximum Gasteiger partial charge on any atom is 0.137 e. The summed E-state index contributed by atoms with van der Waals surface area (Å²) in [6.45, 7) is 5.99. The van der Waals surface area contributed by atoms with Gasteiger partial charge in [0.1, 0.15) is 5.78 Å². The lowest BCUT2D eigenvalue weighted by molar-refractivity contribution is -0.129. The van der Waals surface area contributed by atoms with Crippen molar-refractivity contribution in [2.45, 2.75) is 39.2 Å². The topological polar surface area (TPSA) is 29.5 Å². The molecule has 16 heavy (non-hydrogen) atoms. The third kappa shape index (κ3) is 4.62. The SMILES string of the molecule is CC(C)COC1CCC(=O)C(CN(C)C)C1. The Kier molecular flexibility index (Phi) is 5.42. The summed E-state index contributed by atoms with van der Waals surface area (Å²) < 4.78 is 5.83. The number of hydrogen-bond donors (Lipinski definition) is 0. The molecule has 0 aromatic carbocycles. The molecule has 2 unspecified atom stereocenters. The summed E-state index contributed by atoms with van der Waals surface area (Å²) in [6, 6.07) is 0. The molecule has 94 valence electrons. The van der Waals surface area contributed by atoms with Crippen LogP contribution in [0.4, 0.5) is 0 Å². The van der Waals surface area contributed by atoms with E-state index in [2.05, 4.69) is 18.7 Å². The van der Waals surface area contributed by atoms with Crippen molar-refractivity contribution in [3.63, 3.8) is 0 Å². The van der Waals surface area contributed by atoms with E-state index in [1.54, 1.807) is 0 Å². The van der Waals surface area contributed by atoms with E-state index in [1.165, 1.54) is 0 Å². The lowest BCUT2D eigenvalue weighted by Gasteiger charge is -2.30. The van der Waals surface area contributed by atoms with Crippen molar-refractivity contribution in [2.75, 3.05) is 27.2 Å². The van der Waals surface area contributed by atoms with Gasteiger partial charge in [0, 0.05) is 25.5 Å². The molecule has 1 rings (SSSR count). The molecule has 3 nitrogen and oxygen atoms in total. The Morgan fingerprint density at radius 2 is 2.12 bits per heavy atom. The molecule has 2 atom stereocenters. The average molecular weight is 227 g/mol. The van der Waals surface area contributed by atoms with Gasteiger partial charge in [-0.25, -0.2) is 0 Å². The summed E-state index contributed by atoms with van der Waals surface area (Å²) in [7, 11) is 4.04. The van der Waals surface area contributed by atoms with Crippen LogP contribution in [0.25, 0.3) is 0 Å². The Labute approximate surface area is 99.1 Å². The molecule has 0 spiro atoms. The van der Waals surface area contributed by atoms with Crippen molar-refractivity contribution in [3.05, 3.63) is 0 Å². The minimum absolute atomic E-state index is 0.181. The molecule has 1 fully saturated rings. The molecule has 3 heteroatoms. The van der Waals surface area contributed by atoms with Gasteiger partial charge in [-0.05, 0) is 32.9 Å². The molecule has 1 saturated carbocycles. The highest BCUT2D eigenvalue weighted by atomic mass is 16.5. The molecule has 0 aromatic rings. The van der Waals surface area contributed by atoms with E-state index in [0.29, 0.717) is 24.2 Å². The predicted molar refractivity (Wildman–Crippen MR) is 65.5 cm³/mol. The third-order valence-electron chi connectivity index (χ3n) is 2.97. The van der Waals surface area contributed by atoms with E-state index < -0.39 is 0 Å². The second kappa shape index (κ2) is 6.36. The van der Waals surface area contributed by atoms with Crippen molar-refractivity contribution >= 4 is 5.78 Å². The van der Waals surface area contributed by atoms with Gasteiger partial charge in [-0.2, -0.15) is 0 Å². The molecule has 1 aliphatic carbocycles. The van der Waals surface area contributed by atoms with Gasteiger partial charge in [0.25, 0.3) is 0 Å². The van der Waals surface area contributed by atoms with Crippen molar-refractivity contribution in [2.24, 2.45) is 11.8 Å². The van der Waals surface area contributed by atoms with Gasteiger partial charge >= 0.3 is 0 Å². The fourth-order valence-corrected chi connectivity index (χ4v) is 2.17. The first-order chi connectivity index (χ1) is 7.49. The number of ether oxygens (including phenoxy) is 1. The minimum Gasteiger partial charge on any atom is -0.378 e. The monoisotopic (exact) mass is 227 g/mol. The fourth-order valence-electron chi connectivity index (χ4n) is 2.17. The predicted octanol–water partition coefficient (Wildman–Crippen LogP) is 1.96. The van der Waals surface area contributed by atoms with Gasteiger partial charge < -0.3 is 9.64 Å². The first-order valence-electron chi connectivity index (χ1n) is 6.28. The van der Waals surface area contributed by atoms with Gasteiger partial charge in [-0.1, -0.05) is 13.8 Å². The second-order valence-electron chi connectivity index (χ2n) is 5.55.